The fraction of sp³-hybridized carbons (Fsp3) is 1.00. The van der Waals surface area contributed by atoms with Crippen LogP contribution in [0.15, 0.2) is 0 Å². The van der Waals surface area contributed by atoms with Crippen molar-refractivity contribution >= 4 is 0 Å². The molecule has 2 aliphatic carbocycles. The number of hydrogen-bond acceptors (Lipinski definition) is 1. The van der Waals surface area contributed by atoms with Crippen molar-refractivity contribution in [1.29, 1.82) is 0 Å². The molecule has 0 amide bonds. The number of rotatable bonds is 4. The molecule has 0 spiro atoms. The molecular weight excluding hydrogens is 182 g/mol. The highest BCUT2D eigenvalue weighted by atomic mass is 15.0. The monoisotopic (exact) mass is 209 g/mol. The maximum absolute atomic E-state index is 3.87. The van der Waals surface area contributed by atoms with Crippen molar-refractivity contribution in [3.8, 4) is 0 Å². The van der Waals surface area contributed by atoms with Gasteiger partial charge in [-0.25, -0.2) is 0 Å². The second kappa shape index (κ2) is 4.86. The first-order valence-corrected chi connectivity index (χ1v) is 6.99. The maximum Gasteiger partial charge on any atom is 0.0179 e. The molecule has 0 aromatic rings. The smallest absolute Gasteiger partial charge is 0.0179 e. The Morgan fingerprint density at radius 1 is 1.13 bits per heavy atom. The average molecular weight is 209 g/mol. The van der Waals surface area contributed by atoms with Crippen molar-refractivity contribution < 1.29 is 0 Å². The van der Waals surface area contributed by atoms with E-state index in [1.807, 2.05) is 0 Å². The first-order valence-electron chi connectivity index (χ1n) is 6.99. The molecule has 88 valence electrons. The summed E-state index contributed by atoms with van der Waals surface area (Å²) >= 11 is 0. The first kappa shape index (κ1) is 11.4. The Hall–Kier alpha value is -0.0400. The topological polar surface area (TPSA) is 12.0 Å². The summed E-state index contributed by atoms with van der Waals surface area (Å²) in [4.78, 5) is 0. The SMILES string of the molecule is CCC1(NCC2CCC(C)CC2)CCC1. The summed E-state index contributed by atoms with van der Waals surface area (Å²) in [7, 11) is 0. The first-order chi connectivity index (χ1) is 7.24. The lowest BCUT2D eigenvalue weighted by Gasteiger charge is -2.43. The van der Waals surface area contributed by atoms with Crippen LogP contribution in [0, 0.1) is 11.8 Å². The van der Waals surface area contributed by atoms with Crippen LogP contribution in [-0.2, 0) is 0 Å². The summed E-state index contributed by atoms with van der Waals surface area (Å²) in [6.45, 7) is 6.04. The van der Waals surface area contributed by atoms with E-state index in [4.69, 9.17) is 0 Å². The highest BCUT2D eigenvalue weighted by Crippen LogP contribution is 2.35. The van der Waals surface area contributed by atoms with Crippen molar-refractivity contribution in [2.75, 3.05) is 6.54 Å². The summed E-state index contributed by atoms with van der Waals surface area (Å²) < 4.78 is 0. The predicted molar refractivity (Wildman–Crippen MR) is 66.0 cm³/mol. The van der Waals surface area contributed by atoms with Crippen LogP contribution in [0.5, 0.6) is 0 Å². The standard InChI is InChI=1S/C14H27N/c1-3-14(9-4-10-14)15-11-13-7-5-12(2)6-8-13/h12-13,15H,3-11H2,1-2H3. The van der Waals surface area contributed by atoms with Crippen molar-refractivity contribution in [2.45, 2.75) is 70.8 Å². The summed E-state index contributed by atoms with van der Waals surface area (Å²) in [5, 5.41) is 3.87. The van der Waals surface area contributed by atoms with Gasteiger partial charge in [0.2, 0.25) is 0 Å². The Morgan fingerprint density at radius 2 is 1.80 bits per heavy atom. The largest absolute Gasteiger partial charge is 0.311 e. The van der Waals surface area contributed by atoms with Crippen molar-refractivity contribution in [2.24, 2.45) is 11.8 Å². The third kappa shape index (κ3) is 2.75. The Balaban J connectivity index is 1.69. The minimum atomic E-state index is 0.559. The van der Waals surface area contributed by atoms with Gasteiger partial charge in [-0.05, 0) is 56.9 Å². The molecule has 15 heavy (non-hydrogen) atoms. The zero-order chi connectivity index (χ0) is 10.7. The molecule has 1 heteroatoms. The Morgan fingerprint density at radius 3 is 2.27 bits per heavy atom. The second-order valence-electron chi connectivity index (χ2n) is 5.99. The lowest BCUT2D eigenvalue weighted by molar-refractivity contribution is 0.156. The lowest BCUT2D eigenvalue weighted by Crippen LogP contribution is -2.52. The molecule has 0 aromatic heterocycles. The molecule has 0 bridgehead atoms. The van der Waals surface area contributed by atoms with Gasteiger partial charge in [0.05, 0.1) is 0 Å². The summed E-state index contributed by atoms with van der Waals surface area (Å²) in [6.07, 6.45) is 11.5. The van der Waals surface area contributed by atoms with E-state index in [1.165, 1.54) is 57.9 Å². The molecule has 0 saturated heterocycles. The highest BCUT2D eigenvalue weighted by Gasteiger charge is 2.34. The minimum absolute atomic E-state index is 0.559. The summed E-state index contributed by atoms with van der Waals surface area (Å²) in [5.41, 5.74) is 0.559. The lowest BCUT2D eigenvalue weighted by atomic mass is 9.74. The third-order valence-corrected chi connectivity index (χ3v) is 4.89. The van der Waals surface area contributed by atoms with Gasteiger partial charge in [-0.1, -0.05) is 26.7 Å². The highest BCUT2D eigenvalue weighted by molar-refractivity contribution is 4.95. The molecular formula is C14H27N. The summed E-state index contributed by atoms with van der Waals surface area (Å²) in [6, 6.07) is 0. The van der Waals surface area contributed by atoms with Gasteiger partial charge in [0.25, 0.3) is 0 Å². The second-order valence-corrected chi connectivity index (χ2v) is 5.99. The van der Waals surface area contributed by atoms with Gasteiger partial charge in [0.15, 0.2) is 0 Å². The predicted octanol–water partition coefficient (Wildman–Crippen LogP) is 3.74. The molecule has 2 fully saturated rings. The van der Waals surface area contributed by atoms with Gasteiger partial charge < -0.3 is 5.32 Å². The zero-order valence-corrected chi connectivity index (χ0v) is 10.5. The fourth-order valence-electron chi connectivity index (χ4n) is 3.15. The van der Waals surface area contributed by atoms with E-state index in [2.05, 4.69) is 19.2 Å². The van der Waals surface area contributed by atoms with Gasteiger partial charge in [-0.2, -0.15) is 0 Å². The van der Waals surface area contributed by atoms with E-state index < -0.39 is 0 Å². The normalized spacial score (nSPS) is 34.8. The van der Waals surface area contributed by atoms with Crippen molar-refractivity contribution in [3.05, 3.63) is 0 Å². The van der Waals surface area contributed by atoms with Crippen LogP contribution in [0.3, 0.4) is 0 Å². The van der Waals surface area contributed by atoms with E-state index in [1.54, 1.807) is 0 Å². The zero-order valence-electron chi connectivity index (χ0n) is 10.5. The van der Waals surface area contributed by atoms with E-state index in [-0.39, 0.29) is 0 Å². The van der Waals surface area contributed by atoms with Gasteiger partial charge in [-0.3, -0.25) is 0 Å². The molecule has 0 unspecified atom stereocenters. The minimum Gasteiger partial charge on any atom is -0.311 e. The summed E-state index contributed by atoms with van der Waals surface area (Å²) in [5.74, 6) is 1.97. The molecule has 0 atom stereocenters. The van der Waals surface area contributed by atoms with Crippen LogP contribution in [0.2, 0.25) is 0 Å². The van der Waals surface area contributed by atoms with E-state index in [0.717, 1.165) is 11.8 Å². The Bertz CT molecular complexity index is 182. The van der Waals surface area contributed by atoms with Crippen molar-refractivity contribution in [3.63, 3.8) is 0 Å². The van der Waals surface area contributed by atoms with Crippen LogP contribution in [0.4, 0.5) is 0 Å². The van der Waals surface area contributed by atoms with Crippen LogP contribution in [-0.4, -0.2) is 12.1 Å². The number of hydrogen-bond donors (Lipinski definition) is 1. The molecule has 2 rings (SSSR count). The molecule has 1 N–H and O–H groups in total. The molecule has 0 radical (unpaired) electrons. The van der Waals surface area contributed by atoms with Crippen LogP contribution in [0.25, 0.3) is 0 Å². The van der Waals surface area contributed by atoms with Gasteiger partial charge in [0, 0.05) is 5.54 Å². The maximum atomic E-state index is 3.87. The van der Waals surface area contributed by atoms with E-state index >= 15 is 0 Å². The van der Waals surface area contributed by atoms with Crippen LogP contribution >= 0.6 is 0 Å². The van der Waals surface area contributed by atoms with Crippen molar-refractivity contribution in [1.82, 2.24) is 5.32 Å². The molecule has 0 aromatic carbocycles. The van der Waals surface area contributed by atoms with Gasteiger partial charge in [0.1, 0.15) is 0 Å². The third-order valence-electron chi connectivity index (χ3n) is 4.89. The average Bonchev–Trinajstić information content (AvgIpc) is 2.20. The Labute approximate surface area is 95.0 Å². The number of nitrogens with one attached hydrogen (secondary N) is 1. The molecule has 0 aliphatic heterocycles. The molecule has 2 saturated carbocycles. The van der Waals surface area contributed by atoms with Gasteiger partial charge in [-0.15, -0.1) is 0 Å². The molecule has 0 heterocycles. The van der Waals surface area contributed by atoms with E-state index in [0.29, 0.717) is 5.54 Å². The van der Waals surface area contributed by atoms with Crippen LogP contribution in [0.1, 0.15) is 65.2 Å². The molecule has 1 nitrogen and oxygen atoms in total. The fourth-order valence-corrected chi connectivity index (χ4v) is 3.15. The Kier molecular flexibility index (Phi) is 3.71. The molecule has 2 aliphatic rings. The van der Waals surface area contributed by atoms with E-state index in [9.17, 15) is 0 Å². The quantitative estimate of drug-likeness (QED) is 0.744. The van der Waals surface area contributed by atoms with Crippen LogP contribution < -0.4 is 5.32 Å². The van der Waals surface area contributed by atoms with Gasteiger partial charge >= 0.3 is 0 Å².